The second-order valence-corrected chi connectivity index (χ2v) is 21.0. The number of rotatable bonds is 6. The topological polar surface area (TPSA) is 267 Å². The lowest BCUT2D eigenvalue weighted by molar-refractivity contribution is -0.382. The van der Waals surface area contributed by atoms with Gasteiger partial charge in [0.05, 0.1) is 49.8 Å². The monoisotopic (exact) mass is 870 g/mol. The van der Waals surface area contributed by atoms with Crippen LogP contribution in [0.5, 0.6) is 0 Å². The third-order valence-corrected chi connectivity index (χ3v) is 17.9. The summed E-state index contributed by atoms with van der Waals surface area (Å²) in [4.78, 5) is 0. The van der Waals surface area contributed by atoms with Crippen molar-refractivity contribution in [2.45, 2.75) is 189 Å². The molecular weight excluding hydrogens is 800 g/mol. The lowest BCUT2D eigenvalue weighted by atomic mass is 9.46. The summed E-state index contributed by atoms with van der Waals surface area (Å²) < 4.78 is 43.6. The molecule has 348 valence electrons. The zero-order valence-electron chi connectivity index (χ0n) is 35.8. The molecule has 5 aliphatic carbocycles. The summed E-state index contributed by atoms with van der Waals surface area (Å²) in [5.41, 5.74) is -0.232. The first-order valence-corrected chi connectivity index (χ1v) is 22.8. The molecule has 4 saturated carbocycles. The van der Waals surface area contributed by atoms with Crippen LogP contribution in [0, 0.1) is 52.3 Å². The van der Waals surface area contributed by atoms with Gasteiger partial charge in [0.15, 0.2) is 18.9 Å². The molecule has 0 amide bonds. The number of fused-ring (bicyclic) bond motifs is 7. The van der Waals surface area contributed by atoms with Gasteiger partial charge in [0, 0.05) is 17.8 Å². The van der Waals surface area contributed by atoms with Crippen LogP contribution in [0.1, 0.15) is 79.6 Å². The number of allylic oxidation sites excluding steroid dienone is 1. The second kappa shape index (κ2) is 16.4. The van der Waals surface area contributed by atoms with Crippen LogP contribution in [0.2, 0.25) is 0 Å². The van der Waals surface area contributed by atoms with E-state index in [-0.39, 0.29) is 42.8 Å². The third-order valence-electron chi connectivity index (χ3n) is 17.9. The van der Waals surface area contributed by atoms with Crippen LogP contribution < -0.4 is 0 Å². The highest BCUT2D eigenvalue weighted by atomic mass is 16.8. The Morgan fingerprint density at radius 3 is 2.13 bits per heavy atom. The van der Waals surface area contributed by atoms with E-state index in [9.17, 15) is 51.1 Å². The molecule has 9 aliphatic rings. The summed E-state index contributed by atoms with van der Waals surface area (Å²) in [5.74, 6) is 1.44. The molecule has 0 unspecified atom stereocenters. The van der Waals surface area contributed by atoms with E-state index in [1.807, 2.05) is 6.92 Å². The molecular formula is C44H70O17. The van der Waals surface area contributed by atoms with Crippen LogP contribution >= 0.6 is 0 Å². The zero-order valence-corrected chi connectivity index (χ0v) is 35.8. The second-order valence-electron chi connectivity index (χ2n) is 21.0. The van der Waals surface area contributed by atoms with Gasteiger partial charge in [-0.2, -0.15) is 0 Å². The minimum Gasteiger partial charge on any atom is -0.393 e. The molecule has 10 N–H and O–H groups in total. The fourth-order valence-electron chi connectivity index (χ4n) is 14.5. The molecule has 0 radical (unpaired) electrons. The Balaban J connectivity index is 0.994. The molecule has 0 aromatic heterocycles. The van der Waals surface area contributed by atoms with Crippen LogP contribution in [0.4, 0.5) is 0 Å². The predicted octanol–water partition coefficient (Wildman–Crippen LogP) is -0.932. The van der Waals surface area contributed by atoms with E-state index in [1.165, 1.54) is 6.92 Å². The molecule has 17 heteroatoms. The summed E-state index contributed by atoms with van der Waals surface area (Å²) >= 11 is 0. The smallest absolute Gasteiger partial charge is 0.187 e. The molecule has 0 aromatic rings. The van der Waals surface area contributed by atoms with Gasteiger partial charge in [-0.05, 0) is 86.4 Å². The van der Waals surface area contributed by atoms with E-state index >= 15 is 0 Å². The first-order valence-electron chi connectivity index (χ1n) is 22.8. The van der Waals surface area contributed by atoms with Gasteiger partial charge in [0.25, 0.3) is 0 Å². The Hall–Kier alpha value is -0.940. The van der Waals surface area contributed by atoms with Crippen LogP contribution in [0.25, 0.3) is 0 Å². The average Bonchev–Trinajstić information content (AvgIpc) is 3.68. The number of aliphatic hydroxyl groups is 10. The van der Waals surface area contributed by atoms with Gasteiger partial charge in [-0.25, -0.2) is 0 Å². The first-order chi connectivity index (χ1) is 28.8. The highest BCUT2D eigenvalue weighted by Crippen LogP contribution is 2.73. The molecule has 4 heterocycles. The highest BCUT2D eigenvalue weighted by molar-refractivity contribution is 5.29. The van der Waals surface area contributed by atoms with E-state index in [1.54, 1.807) is 0 Å². The van der Waals surface area contributed by atoms with Gasteiger partial charge in [0.2, 0.25) is 0 Å². The third kappa shape index (κ3) is 7.06. The number of aliphatic hydroxyl groups excluding tert-OH is 10. The standard InChI is InChI=1S/C44H70O17/c1-17-14-57-44(38(54)30(17)48)13-20-10-25-23-7-6-21-11-22(45)12-28(43(21,5)24(23)8-9-42(25,4)29(20)18(44)2)59-41-37(61-40-35(53)33(51)31(49)19(3)58-40)36(27(47)16-56-41)60-39-34(52)32(50)26(46)15-55-39/h6,17-20,22-41,45-54H,7-16H2,1-5H3/t17-,18-,19-,20+,22-,23+,24-,25+,26+,27+,28-,29-,30-,31-,32-,33+,34+,35+,36-,37+,38-,39-,40-,41-,42+,43+,44+/m0/s1. The lowest BCUT2D eigenvalue weighted by Crippen LogP contribution is -2.65. The van der Waals surface area contributed by atoms with Gasteiger partial charge < -0.3 is 84.2 Å². The van der Waals surface area contributed by atoms with Gasteiger partial charge in [-0.3, -0.25) is 0 Å². The molecule has 27 atom stereocenters. The normalized spacial score (nSPS) is 59.6. The minimum absolute atomic E-state index is 0.0182. The fourth-order valence-corrected chi connectivity index (χ4v) is 14.5. The van der Waals surface area contributed by atoms with Crippen LogP contribution in [0.3, 0.4) is 0 Å². The molecule has 0 bridgehead atoms. The van der Waals surface area contributed by atoms with Crippen molar-refractivity contribution in [1.29, 1.82) is 0 Å². The van der Waals surface area contributed by atoms with Crippen LogP contribution in [-0.4, -0.2) is 181 Å². The quantitative estimate of drug-likeness (QED) is 0.145. The summed E-state index contributed by atoms with van der Waals surface area (Å²) in [5, 5.41) is 109. The van der Waals surface area contributed by atoms with Crippen molar-refractivity contribution in [3.05, 3.63) is 11.6 Å². The predicted molar refractivity (Wildman–Crippen MR) is 210 cm³/mol. The molecule has 1 spiro atoms. The molecule has 0 aromatic carbocycles. The summed E-state index contributed by atoms with van der Waals surface area (Å²) in [6, 6.07) is 0. The Morgan fingerprint density at radius 1 is 0.689 bits per heavy atom. The SMILES string of the molecule is C[C@@H]1O[C@@H](O[C@H]2[C@H](O[C@H]3C[C@@H](O)CC4=CC[C@H]5[C@H]6C[C@@H]7C[C@@]8(OC[C@H](C)[C@H](O)[C@@H]8O)[C@@H](C)[C@@H]7[C@]6(C)CC[C@@H]5[C@@]43C)OC[C@@H](O)[C@@H]2O[C@@H]2OC[C@@H](O)[C@H](O)[C@H]2O)[C@H](O)[C@H](O)[C@H]1O. The maximum Gasteiger partial charge on any atom is 0.187 e. The van der Waals surface area contributed by atoms with Crippen molar-refractivity contribution in [3.63, 3.8) is 0 Å². The zero-order chi connectivity index (χ0) is 43.7. The molecule has 4 aliphatic heterocycles. The Bertz CT molecular complexity index is 1620. The number of hydrogen-bond acceptors (Lipinski definition) is 17. The lowest BCUT2D eigenvalue weighted by Gasteiger charge is -2.61. The highest BCUT2D eigenvalue weighted by Gasteiger charge is 2.70. The molecule has 4 saturated heterocycles. The Morgan fingerprint density at radius 2 is 1.38 bits per heavy atom. The van der Waals surface area contributed by atoms with E-state index < -0.39 is 115 Å². The fraction of sp³-hybridized carbons (Fsp3) is 0.955. The van der Waals surface area contributed by atoms with Gasteiger partial charge in [-0.15, -0.1) is 0 Å². The molecule has 61 heavy (non-hydrogen) atoms. The maximum atomic E-state index is 11.5. The van der Waals surface area contributed by atoms with Crippen LogP contribution in [0.15, 0.2) is 11.6 Å². The van der Waals surface area contributed by atoms with Crippen molar-refractivity contribution in [2.24, 2.45) is 52.3 Å². The van der Waals surface area contributed by atoms with E-state index in [0.717, 1.165) is 37.7 Å². The van der Waals surface area contributed by atoms with Crippen molar-refractivity contribution < 1.29 is 84.2 Å². The maximum absolute atomic E-state index is 11.5. The van der Waals surface area contributed by atoms with E-state index in [2.05, 4.69) is 26.8 Å². The molecule has 17 nitrogen and oxygen atoms in total. The molecule has 9 rings (SSSR count). The summed E-state index contributed by atoms with van der Waals surface area (Å²) in [7, 11) is 0. The summed E-state index contributed by atoms with van der Waals surface area (Å²) in [6.07, 6.45) is -14.7. The largest absolute Gasteiger partial charge is 0.393 e. The minimum atomic E-state index is -1.73. The molecule has 8 fully saturated rings. The Labute approximate surface area is 356 Å². The van der Waals surface area contributed by atoms with Crippen LogP contribution in [-0.2, 0) is 33.2 Å². The van der Waals surface area contributed by atoms with Crippen molar-refractivity contribution in [2.75, 3.05) is 19.8 Å². The van der Waals surface area contributed by atoms with Gasteiger partial charge in [0.1, 0.15) is 61.0 Å². The number of hydrogen-bond donors (Lipinski definition) is 10. The van der Waals surface area contributed by atoms with E-state index in [0.29, 0.717) is 36.7 Å². The number of ether oxygens (including phenoxy) is 7. The van der Waals surface area contributed by atoms with Gasteiger partial charge >= 0.3 is 0 Å². The van der Waals surface area contributed by atoms with Crippen molar-refractivity contribution in [3.8, 4) is 0 Å². The Kier molecular flexibility index (Phi) is 12.2. The van der Waals surface area contributed by atoms with Gasteiger partial charge in [-0.1, -0.05) is 39.3 Å². The first kappa shape index (κ1) is 45.2. The summed E-state index contributed by atoms with van der Waals surface area (Å²) in [6.45, 7) is 10.0. The van der Waals surface area contributed by atoms with Crippen molar-refractivity contribution >= 4 is 0 Å². The van der Waals surface area contributed by atoms with Crippen molar-refractivity contribution in [1.82, 2.24) is 0 Å². The average molecular weight is 871 g/mol. The van der Waals surface area contributed by atoms with E-state index in [4.69, 9.17) is 33.2 Å².